The summed E-state index contributed by atoms with van der Waals surface area (Å²) in [5, 5.41) is 6.56. The van der Waals surface area contributed by atoms with Crippen LogP contribution in [-0.4, -0.2) is 26.7 Å². The van der Waals surface area contributed by atoms with Crippen LogP contribution in [0.15, 0.2) is 53.5 Å². The summed E-state index contributed by atoms with van der Waals surface area (Å²) in [4.78, 5) is 4.24. The topological polar surface area (TPSA) is 54.9 Å². The number of aliphatic imine (C=N–C) groups is 1. The lowest BCUT2D eigenvalue weighted by Gasteiger charge is -2.14. The van der Waals surface area contributed by atoms with Crippen LogP contribution in [0.2, 0.25) is 0 Å². The maximum Gasteiger partial charge on any atom is 0.191 e. The van der Waals surface area contributed by atoms with Crippen LogP contribution in [0.3, 0.4) is 0 Å². The molecule has 2 rings (SSSR count). The fraction of sp³-hybridized carbons (Fsp3) is 0.250. The van der Waals surface area contributed by atoms with Gasteiger partial charge in [-0.2, -0.15) is 0 Å². The predicted octanol–water partition coefficient (Wildman–Crippen LogP) is 3.19. The SMILES string of the molecule is C#CCOc1cc(CNC(=NC)NCc2ccccc2)ccc1OC.I. The van der Waals surface area contributed by atoms with Gasteiger partial charge in [0.05, 0.1) is 7.11 Å². The van der Waals surface area contributed by atoms with Gasteiger partial charge in [-0.3, -0.25) is 4.99 Å². The van der Waals surface area contributed by atoms with Crippen LogP contribution < -0.4 is 20.1 Å². The Hall–Kier alpha value is -2.40. The van der Waals surface area contributed by atoms with Crippen LogP contribution in [0.5, 0.6) is 11.5 Å². The summed E-state index contributed by atoms with van der Waals surface area (Å²) in [6, 6.07) is 15.9. The van der Waals surface area contributed by atoms with Gasteiger partial charge in [0.15, 0.2) is 17.5 Å². The second-order valence-electron chi connectivity index (χ2n) is 5.24. The van der Waals surface area contributed by atoms with Crippen LogP contribution in [-0.2, 0) is 13.1 Å². The van der Waals surface area contributed by atoms with Crippen molar-refractivity contribution in [2.24, 2.45) is 4.99 Å². The first-order valence-electron chi connectivity index (χ1n) is 7.98. The molecule has 0 amide bonds. The van der Waals surface area contributed by atoms with Gasteiger partial charge in [-0.05, 0) is 23.3 Å². The quantitative estimate of drug-likeness (QED) is 0.286. The Kier molecular flexibility index (Phi) is 10.0. The summed E-state index contributed by atoms with van der Waals surface area (Å²) in [7, 11) is 3.35. The maximum absolute atomic E-state index is 5.52. The first-order chi connectivity index (χ1) is 12.3. The van der Waals surface area contributed by atoms with Gasteiger partial charge in [0, 0.05) is 20.1 Å². The molecule has 0 saturated heterocycles. The Morgan fingerprint density at radius 3 is 2.35 bits per heavy atom. The fourth-order valence-corrected chi connectivity index (χ4v) is 2.25. The van der Waals surface area contributed by atoms with Crippen molar-refractivity contribution < 1.29 is 9.47 Å². The second kappa shape index (κ2) is 12.0. The third-order valence-electron chi connectivity index (χ3n) is 3.53. The smallest absolute Gasteiger partial charge is 0.191 e. The Labute approximate surface area is 172 Å². The Balaban J connectivity index is 0.00000338. The number of ether oxygens (including phenoxy) is 2. The van der Waals surface area contributed by atoms with E-state index in [0.29, 0.717) is 24.6 Å². The van der Waals surface area contributed by atoms with E-state index in [-0.39, 0.29) is 30.6 Å². The molecule has 26 heavy (non-hydrogen) atoms. The average molecular weight is 465 g/mol. The zero-order chi connectivity index (χ0) is 17.9. The molecule has 0 fully saturated rings. The maximum atomic E-state index is 5.52. The van der Waals surface area contributed by atoms with Crippen molar-refractivity contribution in [3.63, 3.8) is 0 Å². The molecule has 0 aliphatic carbocycles. The molecule has 0 spiro atoms. The summed E-state index contributed by atoms with van der Waals surface area (Å²) in [5.74, 6) is 4.47. The van der Waals surface area contributed by atoms with Crippen molar-refractivity contribution in [3.8, 4) is 23.8 Å². The third kappa shape index (κ3) is 6.84. The number of hydrogen-bond donors (Lipinski definition) is 2. The van der Waals surface area contributed by atoms with Crippen LogP contribution in [0.1, 0.15) is 11.1 Å². The number of hydrogen-bond acceptors (Lipinski definition) is 3. The van der Waals surface area contributed by atoms with Crippen molar-refractivity contribution in [3.05, 3.63) is 59.7 Å². The number of terminal acetylenes is 1. The molecule has 5 nitrogen and oxygen atoms in total. The monoisotopic (exact) mass is 465 g/mol. The molecule has 6 heteroatoms. The zero-order valence-corrected chi connectivity index (χ0v) is 17.3. The van der Waals surface area contributed by atoms with E-state index in [1.165, 1.54) is 5.56 Å². The average Bonchev–Trinajstić information content (AvgIpc) is 2.67. The summed E-state index contributed by atoms with van der Waals surface area (Å²) in [5.41, 5.74) is 2.23. The molecule has 0 bridgehead atoms. The summed E-state index contributed by atoms with van der Waals surface area (Å²) < 4.78 is 10.8. The molecule has 2 aromatic carbocycles. The Bertz CT molecular complexity index is 742. The minimum Gasteiger partial charge on any atom is -0.493 e. The van der Waals surface area contributed by atoms with Gasteiger partial charge in [-0.25, -0.2) is 0 Å². The van der Waals surface area contributed by atoms with Crippen LogP contribution in [0.25, 0.3) is 0 Å². The van der Waals surface area contributed by atoms with Crippen LogP contribution in [0.4, 0.5) is 0 Å². The van der Waals surface area contributed by atoms with Gasteiger partial charge < -0.3 is 20.1 Å². The minimum atomic E-state index is 0. The van der Waals surface area contributed by atoms with E-state index < -0.39 is 0 Å². The molecule has 138 valence electrons. The molecule has 0 aromatic heterocycles. The molecule has 0 saturated carbocycles. The second-order valence-corrected chi connectivity index (χ2v) is 5.24. The standard InChI is InChI=1S/C20H23N3O2.HI/c1-4-12-25-19-13-17(10-11-18(19)24-3)15-23-20(21-2)22-14-16-8-6-5-7-9-16;/h1,5-11,13H,12,14-15H2,2-3H3,(H2,21,22,23);1H. The molecule has 2 aromatic rings. The van der Waals surface area contributed by atoms with E-state index in [2.05, 4.69) is 33.7 Å². The summed E-state index contributed by atoms with van der Waals surface area (Å²) in [6.07, 6.45) is 5.25. The molecular formula is C20H24IN3O2. The number of rotatable bonds is 7. The van der Waals surface area contributed by atoms with Gasteiger partial charge in [-0.15, -0.1) is 30.4 Å². The number of nitrogens with one attached hydrogen (secondary N) is 2. The van der Waals surface area contributed by atoms with Gasteiger partial charge in [0.1, 0.15) is 6.61 Å². The Morgan fingerprint density at radius 2 is 1.73 bits per heavy atom. The fourth-order valence-electron chi connectivity index (χ4n) is 2.25. The van der Waals surface area contributed by atoms with E-state index in [1.807, 2.05) is 36.4 Å². The summed E-state index contributed by atoms with van der Waals surface area (Å²) in [6.45, 7) is 1.51. The van der Waals surface area contributed by atoms with Gasteiger partial charge in [-0.1, -0.05) is 42.3 Å². The summed E-state index contributed by atoms with van der Waals surface area (Å²) >= 11 is 0. The highest BCUT2D eigenvalue weighted by Crippen LogP contribution is 2.27. The largest absolute Gasteiger partial charge is 0.493 e. The van der Waals surface area contributed by atoms with E-state index in [1.54, 1.807) is 14.2 Å². The molecule has 0 aliphatic rings. The third-order valence-corrected chi connectivity index (χ3v) is 3.53. The number of halogens is 1. The van der Waals surface area contributed by atoms with Gasteiger partial charge in [0.2, 0.25) is 0 Å². The van der Waals surface area contributed by atoms with Crippen molar-refractivity contribution in [2.75, 3.05) is 20.8 Å². The molecule has 0 radical (unpaired) electrons. The highest BCUT2D eigenvalue weighted by Gasteiger charge is 2.06. The van der Waals surface area contributed by atoms with Crippen LogP contribution >= 0.6 is 24.0 Å². The number of methoxy groups -OCH3 is 1. The first-order valence-corrected chi connectivity index (χ1v) is 7.98. The van der Waals surface area contributed by atoms with Gasteiger partial charge in [0.25, 0.3) is 0 Å². The normalized spacial score (nSPS) is 10.3. The van der Waals surface area contributed by atoms with E-state index in [9.17, 15) is 0 Å². The zero-order valence-electron chi connectivity index (χ0n) is 15.0. The van der Waals surface area contributed by atoms with E-state index in [0.717, 1.165) is 11.5 Å². The first kappa shape index (κ1) is 21.6. The molecule has 2 N–H and O–H groups in total. The number of guanidine groups is 1. The highest BCUT2D eigenvalue weighted by atomic mass is 127. The number of benzene rings is 2. The van der Waals surface area contributed by atoms with Crippen molar-refractivity contribution >= 4 is 29.9 Å². The molecule has 0 heterocycles. The predicted molar refractivity (Wildman–Crippen MR) is 116 cm³/mol. The van der Waals surface area contributed by atoms with Crippen LogP contribution in [0, 0.1) is 12.3 Å². The molecule has 0 unspecified atom stereocenters. The van der Waals surface area contributed by atoms with E-state index in [4.69, 9.17) is 15.9 Å². The Morgan fingerprint density at radius 1 is 1.04 bits per heavy atom. The highest BCUT2D eigenvalue weighted by molar-refractivity contribution is 14.0. The van der Waals surface area contributed by atoms with Gasteiger partial charge >= 0.3 is 0 Å². The lowest BCUT2D eigenvalue weighted by atomic mass is 10.2. The van der Waals surface area contributed by atoms with Crippen molar-refractivity contribution in [1.29, 1.82) is 0 Å². The molecule has 0 atom stereocenters. The molecular weight excluding hydrogens is 441 g/mol. The molecule has 0 aliphatic heterocycles. The lowest BCUT2D eigenvalue weighted by Crippen LogP contribution is -2.36. The number of nitrogens with zero attached hydrogens (tertiary/aromatic N) is 1. The van der Waals surface area contributed by atoms with Crippen molar-refractivity contribution in [1.82, 2.24) is 10.6 Å². The minimum absolute atomic E-state index is 0. The van der Waals surface area contributed by atoms with Crippen molar-refractivity contribution in [2.45, 2.75) is 13.1 Å². The van der Waals surface area contributed by atoms with E-state index >= 15 is 0 Å². The lowest BCUT2D eigenvalue weighted by molar-refractivity contribution is 0.330.